The maximum absolute atomic E-state index is 5.16. The summed E-state index contributed by atoms with van der Waals surface area (Å²) >= 11 is 1.82. The third kappa shape index (κ3) is 2.76. The molecule has 0 aliphatic carbocycles. The van der Waals surface area contributed by atoms with Crippen molar-refractivity contribution in [2.45, 2.75) is 10.8 Å². The van der Waals surface area contributed by atoms with Gasteiger partial charge >= 0.3 is 0 Å². The maximum atomic E-state index is 5.16. The lowest BCUT2D eigenvalue weighted by atomic mass is 10.2. The van der Waals surface area contributed by atoms with E-state index in [9.17, 15) is 0 Å². The molecule has 0 saturated heterocycles. The largest absolute Gasteiger partial charge is 0.497 e. The van der Waals surface area contributed by atoms with Gasteiger partial charge in [0.2, 0.25) is 0 Å². The zero-order valence-electron chi connectivity index (χ0n) is 10.7. The van der Waals surface area contributed by atoms with Gasteiger partial charge in [0.1, 0.15) is 5.75 Å². The Morgan fingerprint density at radius 1 is 1.05 bits per heavy atom. The van der Waals surface area contributed by atoms with E-state index in [0.717, 1.165) is 11.5 Å². The molecule has 19 heavy (non-hydrogen) atoms. The van der Waals surface area contributed by atoms with E-state index < -0.39 is 0 Å². The number of H-pyrrole nitrogens is 1. The average molecular weight is 269 g/mol. The van der Waals surface area contributed by atoms with E-state index in [-0.39, 0.29) is 0 Å². The van der Waals surface area contributed by atoms with Crippen molar-refractivity contribution >= 4 is 22.7 Å². The monoisotopic (exact) mass is 269 g/mol. The molecule has 0 aliphatic heterocycles. The zero-order valence-corrected chi connectivity index (χ0v) is 11.5. The van der Waals surface area contributed by atoms with E-state index in [2.05, 4.69) is 47.4 Å². The summed E-state index contributed by atoms with van der Waals surface area (Å²) in [4.78, 5) is 3.43. The number of thioether (sulfide) groups is 1. The first kappa shape index (κ1) is 12.2. The second-order valence-electron chi connectivity index (χ2n) is 4.36. The Hall–Kier alpha value is -1.87. The molecule has 0 fully saturated rings. The highest BCUT2D eigenvalue weighted by atomic mass is 32.2. The van der Waals surface area contributed by atoms with Crippen molar-refractivity contribution in [2.24, 2.45) is 0 Å². The lowest BCUT2D eigenvalue weighted by Gasteiger charge is -2.02. The SMILES string of the molecule is COc1ccc(CSc2cc3ccccc3[nH]2)cc1. The van der Waals surface area contributed by atoms with Gasteiger partial charge in [-0.3, -0.25) is 0 Å². The molecule has 1 heterocycles. The molecular weight excluding hydrogens is 254 g/mol. The highest BCUT2D eigenvalue weighted by Crippen LogP contribution is 2.26. The summed E-state index contributed by atoms with van der Waals surface area (Å²) in [6.07, 6.45) is 0. The Bertz CT molecular complexity index is 640. The van der Waals surface area contributed by atoms with E-state index >= 15 is 0 Å². The van der Waals surface area contributed by atoms with Crippen LogP contribution in [-0.2, 0) is 5.75 Å². The Morgan fingerprint density at radius 3 is 2.58 bits per heavy atom. The summed E-state index contributed by atoms with van der Waals surface area (Å²) in [5.74, 6) is 1.86. The van der Waals surface area contributed by atoms with Crippen molar-refractivity contribution in [3.63, 3.8) is 0 Å². The minimum atomic E-state index is 0.902. The first-order valence-electron chi connectivity index (χ1n) is 6.18. The number of ether oxygens (including phenoxy) is 1. The molecule has 1 N–H and O–H groups in total. The van der Waals surface area contributed by atoms with Crippen LogP contribution in [0, 0.1) is 0 Å². The molecule has 0 bridgehead atoms. The molecule has 0 radical (unpaired) electrons. The van der Waals surface area contributed by atoms with E-state index in [0.29, 0.717) is 0 Å². The predicted octanol–water partition coefficient (Wildman–Crippen LogP) is 4.47. The van der Waals surface area contributed by atoms with Crippen LogP contribution in [0.15, 0.2) is 59.6 Å². The van der Waals surface area contributed by atoms with Gasteiger partial charge < -0.3 is 9.72 Å². The summed E-state index contributed by atoms with van der Waals surface area (Å²) in [5.41, 5.74) is 2.49. The molecule has 1 aromatic heterocycles. The molecule has 2 nitrogen and oxygen atoms in total. The van der Waals surface area contributed by atoms with Crippen LogP contribution in [0.2, 0.25) is 0 Å². The lowest BCUT2D eigenvalue weighted by Crippen LogP contribution is -1.84. The van der Waals surface area contributed by atoms with E-state index in [1.807, 2.05) is 23.9 Å². The number of benzene rings is 2. The van der Waals surface area contributed by atoms with Crippen molar-refractivity contribution < 1.29 is 4.74 Å². The van der Waals surface area contributed by atoms with Crippen LogP contribution in [0.1, 0.15) is 5.56 Å². The molecule has 0 aliphatic rings. The van der Waals surface area contributed by atoms with Crippen LogP contribution < -0.4 is 4.74 Å². The van der Waals surface area contributed by atoms with E-state index in [4.69, 9.17) is 4.74 Å². The van der Waals surface area contributed by atoms with Crippen LogP contribution in [0.3, 0.4) is 0 Å². The molecule has 2 aromatic carbocycles. The van der Waals surface area contributed by atoms with Crippen LogP contribution in [-0.4, -0.2) is 12.1 Å². The summed E-state index contributed by atoms with van der Waals surface area (Å²) < 4.78 is 5.16. The fourth-order valence-electron chi connectivity index (χ4n) is 2.01. The molecule has 0 amide bonds. The van der Waals surface area contributed by atoms with Crippen molar-refractivity contribution in [2.75, 3.05) is 7.11 Å². The lowest BCUT2D eigenvalue weighted by molar-refractivity contribution is 0.414. The normalized spacial score (nSPS) is 10.8. The molecule has 3 rings (SSSR count). The van der Waals surface area contributed by atoms with Crippen LogP contribution >= 0.6 is 11.8 Å². The zero-order chi connectivity index (χ0) is 13.1. The number of fused-ring (bicyclic) bond motifs is 1. The fourth-order valence-corrected chi connectivity index (χ4v) is 2.91. The summed E-state index contributed by atoms with van der Waals surface area (Å²) in [6.45, 7) is 0. The molecular formula is C16H15NOS. The minimum Gasteiger partial charge on any atom is -0.497 e. The minimum absolute atomic E-state index is 0.902. The number of hydrogen-bond donors (Lipinski definition) is 1. The maximum Gasteiger partial charge on any atom is 0.118 e. The van der Waals surface area contributed by atoms with Crippen molar-refractivity contribution in [3.05, 3.63) is 60.2 Å². The summed E-state index contributed by atoms with van der Waals surface area (Å²) in [7, 11) is 1.69. The number of aromatic amines is 1. The van der Waals surface area contributed by atoms with E-state index in [1.165, 1.54) is 21.5 Å². The van der Waals surface area contributed by atoms with Crippen molar-refractivity contribution in [1.82, 2.24) is 4.98 Å². The van der Waals surface area contributed by atoms with Gasteiger partial charge in [0.05, 0.1) is 12.1 Å². The first-order valence-corrected chi connectivity index (χ1v) is 7.17. The Labute approximate surface area is 116 Å². The summed E-state index contributed by atoms with van der Waals surface area (Å²) in [5, 5.41) is 2.47. The quantitative estimate of drug-likeness (QED) is 0.707. The topological polar surface area (TPSA) is 25.0 Å². The molecule has 96 valence electrons. The van der Waals surface area contributed by atoms with Crippen molar-refractivity contribution in [3.8, 4) is 5.75 Å². The summed E-state index contributed by atoms with van der Waals surface area (Å²) in [6, 6.07) is 18.8. The Balaban J connectivity index is 1.70. The number of nitrogens with one attached hydrogen (secondary N) is 1. The van der Waals surface area contributed by atoms with Gasteiger partial charge in [-0.1, -0.05) is 30.3 Å². The first-order chi connectivity index (χ1) is 9.35. The van der Waals surface area contributed by atoms with Crippen molar-refractivity contribution in [1.29, 1.82) is 0 Å². The van der Waals surface area contributed by atoms with Gasteiger partial charge in [-0.05, 0) is 29.8 Å². The average Bonchev–Trinajstić information content (AvgIpc) is 2.88. The molecule has 3 aromatic rings. The number of hydrogen-bond acceptors (Lipinski definition) is 2. The number of aromatic nitrogens is 1. The van der Waals surface area contributed by atoms with E-state index in [1.54, 1.807) is 7.11 Å². The Morgan fingerprint density at radius 2 is 1.84 bits per heavy atom. The highest BCUT2D eigenvalue weighted by molar-refractivity contribution is 7.98. The Kier molecular flexibility index (Phi) is 3.47. The third-order valence-corrected chi connectivity index (χ3v) is 4.07. The highest BCUT2D eigenvalue weighted by Gasteiger charge is 2.01. The fraction of sp³-hybridized carbons (Fsp3) is 0.125. The third-order valence-electron chi connectivity index (χ3n) is 3.06. The number of methoxy groups -OCH3 is 1. The predicted molar refractivity (Wildman–Crippen MR) is 80.9 cm³/mol. The number of rotatable bonds is 4. The number of para-hydroxylation sites is 1. The van der Waals surface area contributed by atoms with Crippen LogP contribution in [0.5, 0.6) is 5.75 Å². The van der Waals surface area contributed by atoms with Gasteiger partial charge in [0, 0.05) is 16.7 Å². The molecule has 0 spiro atoms. The second-order valence-corrected chi connectivity index (χ2v) is 5.37. The van der Waals surface area contributed by atoms with Crippen LogP contribution in [0.4, 0.5) is 0 Å². The molecule has 0 unspecified atom stereocenters. The smallest absolute Gasteiger partial charge is 0.118 e. The standard InChI is InChI=1S/C16H15NOS/c1-18-14-8-6-12(7-9-14)11-19-16-10-13-4-2-3-5-15(13)17-16/h2-10,17H,11H2,1H3. The van der Waals surface area contributed by atoms with Gasteiger partial charge in [0.25, 0.3) is 0 Å². The van der Waals surface area contributed by atoms with Gasteiger partial charge in [-0.25, -0.2) is 0 Å². The molecule has 0 saturated carbocycles. The van der Waals surface area contributed by atoms with Gasteiger partial charge in [0.15, 0.2) is 0 Å². The van der Waals surface area contributed by atoms with Crippen LogP contribution in [0.25, 0.3) is 10.9 Å². The van der Waals surface area contributed by atoms with Gasteiger partial charge in [-0.15, -0.1) is 11.8 Å². The molecule has 3 heteroatoms. The molecule has 0 atom stereocenters. The second kappa shape index (κ2) is 5.41. The van der Waals surface area contributed by atoms with Gasteiger partial charge in [-0.2, -0.15) is 0 Å².